The number of benzene rings is 2. The number of Topliss-reactive ketones (excluding diaryl/α,β-unsaturated/α-hetero) is 1. The normalized spacial score (nSPS) is 17.5. The first-order chi connectivity index (χ1) is 15.5. The number of carbonyl (C=O) groups excluding carboxylic acids is 1. The Morgan fingerprint density at radius 1 is 1.19 bits per heavy atom. The number of aromatic nitrogens is 3. The Morgan fingerprint density at radius 3 is 2.72 bits per heavy atom. The number of fused-ring (bicyclic) bond motifs is 1. The van der Waals surface area contributed by atoms with Crippen LogP contribution in [0.25, 0.3) is 0 Å². The van der Waals surface area contributed by atoms with Gasteiger partial charge in [0.1, 0.15) is 6.04 Å². The molecule has 32 heavy (non-hydrogen) atoms. The number of nitro benzene ring substituents is 1. The average Bonchev–Trinajstić information content (AvgIpc) is 3.20. The van der Waals surface area contributed by atoms with Crippen LogP contribution in [-0.4, -0.2) is 25.5 Å². The molecule has 2 heterocycles. The second kappa shape index (κ2) is 8.23. The van der Waals surface area contributed by atoms with Crippen LogP contribution in [0.3, 0.4) is 0 Å². The summed E-state index contributed by atoms with van der Waals surface area (Å²) in [6.45, 7) is 2.05. The number of carbonyl (C=O) groups is 1. The Balaban J connectivity index is 1.46. The lowest BCUT2D eigenvalue weighted by Gasteiger charge is -2.32. The average molecular weight is 448 g/mol. The van der Waals surface area contributed by atoms with Gasteiger partial charge in [0.05, 0.1) is 4.92 Å². The van der Waals surface area contributed by atoms with Crippen molar-refractivity contribution in [2.75, 3.05) is 5.32 Å². The van der Waals surface area contributed by atoms with Gasteiger partial charge in [-0.15, -0.1) is 5.10 Å². The quantitative estimate of drug-likeness (QED) is 0.340. The summed E-state index contributed by atoms with van der Waals surface area (Å²) in [6, 6.07) is 14.3. The molecule has 1 aliphatic heterocycles. The maximum atomic E-state index is 12.9. The molecule has 5 rings (SSSR count). The van der Waals surface area contributed by atoms with Crippen molar-refractivity contribution in [3.05, 3.63) is 86.6 Å². The van der Waals surface area contributed by atoms with E-state index in [-0.39, 0.29) is 17.5 Å². The van der Waals surface area contributed by atoms with Crippen LogP contribution in [0.2, 0.25) is 0 Å². The summed E-state index contributed by atoms with van der Waals surface area (Å²) >= 11 is 1.46. The smallest absolute Gasteiger partial charge is 0.269 e. The maximum absolute atomic E-state index is 12.9. The van der Waals surface area contributed by atoms with Crippen molar-refractivity contribution in [3.8, 4) is 0 Å². The van der Waals surface area contributed by atoms with Crippen LogP contribution >= 0.6 is 11.8 Å². The van der Waals surface area contributed by atoms with Crippen molar-refractivity contribution >= 4 is 29.2 Å². The van der Waals surface area contributed by atoms with E-state index in [1.807, 2.05) is 35.9 Å². The number of ketones is 1. The molecule has 8 nitrogen and oxygen atoms in total. The van der Waals surface area contributed by atoms with E-state index in [4.69, 9.17) is 5.10 Å². The van der Waals surface area contributed by atoms with E-state index >= 15 is 0 Å². The summed E-state index contributed by atoms with van der Waals surface area (Å²) < 4.78 is 1.82. The number of nitrogens with one attached hydrogen (secondary N) is 1. The van der Waals surface area contributed by atoms with Crippen molar-refractivity contribution in [2.45, 2.75) is 43.1 Å². The molecule has 162 valence electrons. The van der Waals surface area contributed by atoms with Crippen molar-refractivity contribution in [3.63, 3.8) is 0 Å². The van der Waals surface area contributed by atoms with Crippen LogP contribution in [0, 0.1) is 17.0 Å². The molecule has 2 aliphatic rings. The van der Waals surface area contributed by atoms with Gasteiger partial charge in [-0.3, -0.25) is 14.9 Å². The summed E-state index contributed by atoms with van der Waals surface area (Å²) in [7, 11) is 0. The number of hydrogen-bond acceptors (Lipinski definition) is 7. The van der Waals surface area contributed by atoms with Crippen molar-refractivity contribution < 1.29 is 9.72 Å². The molecule has 0 radical (unpaired) electrons. The molecule has 2 aromatic carbocycles. The predicted molar refractivity (Wildman–Crippen MR) is 122 cm³/mol. The third-order valence-electron chi connectivity index (χ3n) is 5.85. The molecule has 3 aromatic rings. The number of anilines is 1. The zero-order valence-electron chi connectivity index (χ0n) is 17.4. The number of allylic oxidation sites excluding steroid dienone is 2. The van der Waals surface area contributed by atoms with Crippen molar-refractivity contribution in [2.24, 2.45) is 0 Å². The lowest BCUT2D eigenvalue weighted by molar-refractivity contribution is -0.384. The molecule has 1 N–H and O–H groups in total. The van der Waals surface area contributed by atoms with E-state index in [2.05, 4.69) is 10.3 Å². The molecule has 0 bridgehead atoms. The second-order valence-corrected chi connectivity index (χ2v) is 8.87. The number of rotatable bonds is 5. The summed E-state index contributed by atoms with van der Waals surface area (Å²) in [6.07, 6.45) is 2.21. The molecule has 1 aliphatic carbocycles. The molecule has 1 aromatic heterocycles. The van der Waals surface area contributed by atoms with Gasteiger partial charge in [-0.1, -0.05) is 48.2 Å². The van der Waals surface area contributed by atoms with Gasteiger partial charge in [0.15, 0.2) is 5.78 Å². The molecule has 0 fully saturated rings. The molecule has 9 heteroatoms. The number of thioether (sulfide) groups is 1. The first-order valence-electron chi connectivity index (χ1n) is 10.4. The fourth-order valence-corrected chi connectivity index (χ4v) is 5.03. The Bertz CT molecular complexity index is 1250. The highest BCUT2D eigenvalue weighted by atomic mass is 32.2. The van der Waals surface area contributed by atoms with Gasteiger partial charge in [-0.05, 0) is 36.5 Å². The molecule has 0 spiro atoms. The second-order valence-electron chi connectivity index (χ2n) is 7.93. The lowest BCUT2D eigenvalue weighted by atomic mass is 9.84. The minimum atomic E-state index is -0.407. The van der Waals surface area contributed by atoms with Crippen LogP contribution in [0.15, 0.2) is 65.0 Å². The largest absolute Gasteiger partial charge is 0.328 e. The highest BCUT2D eigenvalue weighted by Gasteiger charge is 2.37. The predicted octanol–water partition coefficient (Wildman–Crippen LogP) is 4.81. The zero-order chi connectivity index (χ0) is 22.2. The maximum Gasteiger partial charge on any atom is 0.269 e. The zero-order valence-corrected chi connectivity index (χ0v) is 18.3. The summed E-state index contributed by atoms with van der Waals surface area (Å²) in [5, 5.41) is 19.5. The van der Waals surface area contributed by atoms with Gasteiger partial charge in [0.2, 0.25) is 11.1 Å². The molecule has 0 saturated carbocycles. The van der Waals surface area contributed by atoms with Gasteiger partial charge >= 0.3 is 0 Å². The standard InChI is InChI=1S/C23H21N5O3S/c1-14-5-2-3-6-17(14)21-20-18(7-4-8-19(20)29)24-22-25-23(26-27(21)22)32-13-15-9-11-16(12-10-15)28(30)31/h2-3,5-6,9-12,21H,4,7-8,13H2,1H3,(H,24,25,26)/t21-/m0/s1. The fraction of sp³-hybridized carbons (Fsp3) is 0.261. The van der Waals surface area contributed by atoms with Crippen molar-refractivity contribution in [1.82, 2.24) is 14.8 Å². The number of aryl methyl sites for hydroxylation is 1. The number of non-ortho nitro benzene ring substituents is 1. The highest BCUT2D eigenvalue weighted by Crippen LogP contribution is 2.41. The summed E-state index contributed by atoms with van der Waals surface area (Å²) in [5.74, 6) is 1.38. The van der Waals surface area contributed by atoms with Gasteiger partial charge in [-0.25, -0.2) is 4.68 Å². The Labute approximate surface area is 188 Å². The number of hydrogen-bond donors (Lipinski definition) is 1. The van der Waals surface area contributed by atoms with Crippen LogP contribution in [0.1, 0.15) is 42.0 Å². The third-order valence-corrected chi connectivity index (χ3v) is 6.76. The topological polar surface area (TPSA) is 103 Å². The van der Waals surface area contributed by atoms with Crippen LogP contribution in [-0.2, 0) is 10.5 Å². The minimum absolute atomic E-state index is 0.0703. The Morgan fingerprint density at radius 2 is 1.97 bits per heavy atom. The Kier molecular flexibility index (Phi) is 5.26. The summed E-state index contributed by atoms with van der Waals surface area (Å²) in [4.78, 5) is 28.0. The van der Waals surface area contributed by atoms with Crippen molar-refractivity contribution in [1.29, 1.82) is 0 Å². The first-order valence-corrected chi connectivity index (χ1v) is 11.4. The van der Waals surface area contributed by atoms with Crippen LogP contribution in [0.4, 0.5) is 11.6 Å². The van der Waals surface area contributed by atoms with Gasteiger partial charge in [0, 0.05) is 35.6 Å². The number of nitrogens with zero attached hydrogens (tertiary/aromatic N) is 4. The Hall–Kier alpha value is -3.46. The summed E-state index contributed by atoms with van der Waals surface area (Å²) in [5.41, 5.74) is 4.91. The fourth-order valence-electron chi connectivity index (χ4n) is 4.24. The van der Waals surface area contributed by atoms with E-state index in [1.54, 1.807) is 12.1 Å². The van der Waals surface area contributed by atoms with E-state index in [1.165, 1.54) is 23.9 Å². The minimum Gasteiger partial charge on any atom is -0.328 e. The molecular formula is C23H21N5O3S. The molecule has 0 unspecified atom stereocenters. The third kappa shape index (κ3) is 3.69. The van der Waals surface area contributed by atoms with Gasteiger partial charge in [0.25, 0.3) is 5.69 Å². The molecule has 1 atom stereocenters. The van der Waals surface area contributed by atoms with Crippen LogP contribution in [0.5, 0.6) is 0 Å². The van der Waals surface area contributed by atoms with Crippen LogP contribution < -0.4 is 5.32 Å². The SMILES string of the molecule is Cc1ccccc1[C@H]1C2=C(CCCC2=O)Nc2nc(SCc3ccc([N+](=O)[O-])cc3)nn21. The van der Waals surface area contributed by atoms with E-state index < -0.39 is 4.92 Å². The highest BCUT2D eigenvalue weighted by molar-refractivity contribution is 7.98. The first kappa shape index (κ1) is 20.4. The van der Waals surface area contributed by atoms with E-state index in [9.17, 15) is 14.9 Å². The molecular weight excluding hydrogens is 426 g/mol. The van der Waals surface area contributed by atoms with E-state index in [0.717, 1.165) is 40.8 Å². The molecule has 0 amide bonds. The van der Waals surface area contributed by atoms with Gasteiger partial charge < -0.3 is 5.32 Å². The lowest BCUT2D eigenvalue weighted by Crippen LogP contribution is -2.31. The molecule has 0 saturated heterocycles. The number of nitro groups is 1. The monoisotopic (exact) mass is 447 g/mol. The van der Waals surface area contributed by atoms with E-state index in [0.29, 0.717) is 23.3 Å². The van der Waals surface area contributed by atoms with Gasteiger partial charge in [-0.2, -0.15) is 4.98 Å².